The molecule has 0 bridgehead atoms. The van der Waals surface area contributed by atoms with E-state index in [2.05, 4.69) is 10.3 Å². The first kappa shape index (κ1) is 12.5. The molecule has 2 rings (SSSR count). The average Bonchev–Trinajstić information content (AvgIpc) is 2.66. The van der Waals surface area contributed by atoms with Crippen LogP contribution in [0, 0.1) is 18.6 Å². The van der Waals surface area contributed by atoms with Crippen molar-refractivity contribution < 1.29 is 8.78 Å². The lowest BCUT2D eigenvalue weighted by Crippen LogP contribution is -2.05. The van der Waals surface area contributed by atoms with Gasteiger partial charge < -0.3 is 9.88 Å². The number of imidazole rings is 1. The first-order valence-corrected chi connectivity index (χ1v) is 5.75. The van der Waals surface area contributed by atoms with Gasteiger partial charge in [0.2, 0.25) is 5.95 Å². The first-order valence-electron chi connectivity index (χ1n) is 5.75. The Bertz CT molecular complexity index is 529. The van der Waals surface area contributed by atoms with Gasteiger partial charge in [-0.3, -0.25) is 0 Å². The molecule has 0 amide bonds. The highest BCUT2D eigenvalue weighted by Gasteiger charge is 2.05. The molecule has 0 aliphatic carbocycles. The summed E-state index contributed by atoms with van der Waals surface area (Å²) in [7, 11) is 1.79. The predicted molar refractivity (Wildman–Crippen MR) is 66.6 cm³/mol. The van der Waals surface area contributed by atoms with Crippen molar-refractivity contribution in [1.82, 2.24) is 9.55 Å². The monoisotopic (exact) mass is 251 g/mol. The normalized spacial score (nSPS) is 10.7. The number of hydrogen-bond donors (Lipinski definition) is 1. The Morgan fingerprint density at radius 2 is 1.89 bits per heavy atom. The van der Waals surface area contributed by atoms with Crippen LogP contribution >= 0.6 is 0 Å². The summed E-state index contributed by atoms with van der Waals surface area (Å²) >= 11 is 0. The first-order chi connectivity index (χ1) is 8.58. The molecule has 1 N–H and O–H groups in total. The summed E-state index contributed by atoms with van der Waals surface area (Å²) in [6.07, 6.45) is 2.46. The molecule has 5 heteroatoms. The van der Waals surface area contributed by atoms with E-state index in [1.807, 2.05) is 17.7 Å². The number of hydrogen-bond acceptors (Lipinski definition) is 2. The zero-order chi connectivity index (χ0) is 13.1. The van der Waals surface area contributed by atoms with Gasteiger partial charge in [-0.05, 0) is 31.0 Å². The molecule has 0 aliphatic heterocycles. The highest BCUT2D eigenvalue weighted by Crippen LogP contribution is 2.12. The molecule has 18 heavy (non-hydrogen) atoms. The number of benzene rings is 1. The number of rotatable bonds is 4. The van der Waals surface area contributed by atoms with Crippen molar-refractivity contribution in [1.29, 1.82) is 0 Å². The van der Waals surface area contributed by atoms with Crippen LogP contribution in [0.15, 0.2) is 24.4 Å². The van der Waals surface area contributed by atoms with Gasteiger partial charge in [-0.15, -0.1) is 0 Å². The Morgan fingerprint density at radius 1 is 1.22 bits per heavy atom. The lowest BCUT2D eigenvalue weighted by molar-refractivity contribution is 0.576. The molecule has 0 fully saturated rings. The van der Waals surface area contributed by atoms with Gasteiger partial charge in [0.25, 0.3) is 0 Å². The molecule has 0 saturated carbocycles. The van der Waals surface area contributed by atoms with Gasteiger partial charge in [-0.25, -0.2) is 13.8 Å². The van der Waals surface area contributed by atoms with E-state index in [9.17, 15) is 8.78 Å². The standard InChI is InChI=1S/C13H15F2N3/c1-9-8-18(13(16-2)17-9)4-3-10-5-11(14)7-12(15)6-10/h5-8H,3-4H2,1-2H3,(H,16,17). The summed E-state index contributed by atoms with van der Waals surface area (Å²) in [5.41, 5.74) is 1.55. The van der Waals surface area contributed by atoms with E-state index in [-0.39, 0.29) is 0 Å². The average molecular weight is 251 g/mol. The number of anilines is 1. The number of nitrogens with zero attached hydrogens (tertiary/aromatic N) is 2. The van der Waals surface area contributed by atoms with Crippen LogP contribution in [0.3, 0.4) is 0 Å². The van der Waals surface area contributed by atoms with Crippen molar-refractivity contribution in [3.8, 4) is 0 Å². The second-order valence-corrected chi connectivity index (χ2v) is 4.18. The fourth-order valence-electron chi connectivity index (χ4n) is 1.92. The van der Waals surface area contributed by atoms with Crippen LogP contribution in [0.4, 0.5) is 14.7 Å². The van der Waals surface area contributed by atoms with Gasteiger partial charge in [-0.2, -0.15) is 0 Å². The SMILES string of the molecule is CNc1nc(C)cn1CCc1cc(F)cc(F)c1. The molecule has 0 atom stereocenters. The van der Waals surface area contributed by atoms with Crippen LogP contribution < -0.4 is 5.32 Å². The predicted octanol–water partition coefficient (Wildman–Crippen LogP) is 2.75. The van der Waals surface area contributed by atoms with E-state index in [0.717, 1.165) is 17.7 Å². The molecule has 0 aliphatic rings. The second kappa shape index (κ2) is 5.16. The zero-order valence-electron chi connectivity index (χ0n) is 10.4. The van der Waals surface area contributed by atoms with Gasteiger partial charge in [0.15, 0.2) is 0 Å². The van der Waals surface area contributed by atoms with Gasteiger partial charge in [0.05, 0.1) is 5.69 Å². The van der Waals surface area contributed by atoms with Crippen LogP contribution in [-0.2, 0) is 13.0 Å². The summed E-state index contributed by atoms with van der Waals surface area (Å²) in [5.74, 6) is -0.328. The summed E-state index contributed by atoms with van der Waals surface area (Å²) in [4.78, 5) is 4.28. The Kier molecular flexibility index (Phi) is 3.60. The lowest BCUT2D eigenvalue weighted by Gasteiger charge is -2.07. The summed E-state index contributed by atoms with van der Waals surface area (Å²) in [5, 5.41) is 2.98. The largest absolute Gasteiger partial charge is 0.359 e. The highest BCUT2D eigenvalue weighted by atomic mass is 19.1. The van der Waals surface area contributed by atoms with Crippen LogP contribution in [0.2, 0.25) is 0 Å². The fourth-order valence-corrected chi connectivity index (χ4v) is 1.92. The van der Waals surface area contributed by atoms with Crippen molar-refractivity contribution in [2.45, 2.75) is 19.9 Å². The van der Waals surface area contributed by atoms with E-state index in [4.69, 9.17) is 0 Å². The Labute approximate surface area is 104 Å². The third kappa shape index (κ3) is 2.85. The maximum atomic E-state index is 13.0. The van der Waals surface area contributed by atoms with E-state index >= 15 is 0 Å². The third-order valence-corrected chi connectivity index (χ3v) is 2.68. The molecular formula is C13H15F2N3. The minimum absolute atomic E-state index is 0.541. The van der Waals surface area contributed by atoms with E-state index in [1.54, 1.807) is 7.05 Å². The topological polar surface area (TPSA) is 29.9 Å². The molecule has 1 heterocycles. The van der Waals surface area contributed by atoms with E-state index in [1.165, 1.54) is 12.1 Å². The van der Waals surface area contributed by atoms with Crippen LogP contribution in [0.5, 0.6) is 0 Å². The molecule has 0 spiro atoms. The number of nitrogens with one attached hydrogen (secondary N) is 1. The molecule has 0 radical (unpaired) electrons. The summed E-state index contributed by atoms with van der Waals surface area (Å²) in [6.45, 7) is 2.53. The molecule has 1 aromatic carbocycles. The minimum atomic E-state index is -0.541. The van der Waals surface area contributed by atoms with Crippen LogP contribution in [0.25, 0.3) is 0 Å². The summed E-state index contributed by atoms with van der Waals surface area (Å²) < 4.78 is 28.0. The second-order valence-electron chi connectivity index (χ2n) is 4.18. The van der Waals surface area contributed by atoms with E-state index < -0.39 is 11.6 Å². The van der Waals surface area contributed by atoms with Gasteiger partial charge in [-0.1, -0.05) is 0 Å². The summed E-state index contributed by atoms with van der Waals surface area (Å²) in [6, 6.07) is 3.59. The zero-order valence-corrected chi connectivity index (χ0v) is 10.4. The smallest absolute Gasteiger partial charge is 0.202 e. The fraction of sp³-hybridized carbons (Fsp3) is 0.308. The minimum Gasteiger partial charge on any atom is -0.359 e. The molecule has 0 saturated heterocycles. The van der Waals surface area contributed by atoms with Crippen molar-refractivity contribution in [2.75, 3.05) is 12.4 Å². The number of halogens is 2. The maximum absolute atomic E-state index is 13.0. The molecular weight excluding hydrogens is 236 g/mol. The number of aryl methyl sites for hydroxylation is 3. The van der Waals surface area contributed by atoms with Crippen molar-refractivity contribution >= 4 is 5.95 Å². The Hall–Kier alpha value is -1.91. The Morgan fingerprint density at radius 3 is 2.50 bits per heavy atom. The molecule has 3 nitrogen and oxygen atoms in total. The molecule has 1 aromatic heterocycles. The Balaban J connectivity index is 2.11. The van der Waals surface area contributed by atoms with Crippen LogP contribution in [-0.4, -0.2) is 16.6 Å². The van der Waals surface area contributed by atoms with Gasteiger partial charge in [0.1, 0.15) is 11.6 Å². The van der Waals surface area contributed by atoms with E-state index in [0.29, 0.717) is 18.5 Å². The van der Waals surface area contributed by atoms with Gasteiger partial charge >= 0.3 is 0 Å². The third-order valence-electron chi connectivity index (χ3n) is 2.68. The van der Waals surface area contributed by atoms with Crippen LogP contribution in [0.1, 0.15) is 11.3 Å². The maximum Gasteiger partial charge on any atom is 0.202 e. The lowest BCUT2D eigenvalue weighted by atomic mass is 10.1. The molecule has 0 unspecified atom stereocenters. The molecule has 2 aromatic rings. The molecule has 96 valence electrons. The quantitative estimate of drug-likeness (QED) is 0.905. The van der Waals surface area contributed by atoms with Gasteiger partial charge in [0, 0.05) is 25.9 Å². The number of aromatic nitrogens is 2. The van der Waals surface area contributed by atoms with Crippen molar-refractivity contribution in [3.05, 3.63) is 47.3 Å². The van der Waals surface area contributed by atoms with Crippen molar-refractivity contribution in [2.24, 2.45) is 0 Å². The highest BCUT2D eigenvalue weighted by molar-refractivity contribution is 5.28. The van der Waals surface area contributed by atoms with Crippen molar-refractivity contribution in [3.63, 3.8) is 0 Å².